The lowest BCUT2D eigenvalue weighted by molar-refractivity contribution is -0.123. The molecule has 3 heterocycles. The van der Waals surface area contributed by atoms with Crippen LogP contribution in [-0.2, 0) is 21.2 Å². The largest absolute Gasteiger partial charge is 0.312 e. The smallest absolute Gasteiger partial charge is 0.252 e. The van der Waals surface area contributed by atoms with E-state index in [1.807, 2.05) is 4.90 Å². The highest BCUT2D eigenvalue weighted by molar-refractivity contribution is 9.11. The maximum Gasteiger partial charge on any atom is 0.252 e. The predicted molar refractivity (Wildman–Crippen MR) is 115 cm³/mol. The van der Waals surface area contributed by atoms with Crippen LogP contribution in [0.15, 0.2) is 38.3 Å². The zero-order chi connectivity index (χ0) is 19.9. The Morgan fingerprint density at radius 2 is 1.89 bits per heavy atom. The first-order chi connectivity index (χ1) is 13.4. The number of hydrogen-bond acceptors (Lipinski definition) is 4. The number of halogens is 1. The molecule has 0 radical (unpaired) electrons. The van der Waals surface area contributed by atoms with Crippen LogP contribution in [0.2, 0.25) is 0 Å². The molecule has 1 amide bonds. The summed E-state index contributed by atoms with van der Waals surface area (Å²) in [4.78, 5) is 15.1. The van der Waals surface area contributed by atoms with E-state index in [0.29, 0.717) is 30.1 Å². The Bertz CT molecular complexity index is 995. The summed E-state index contributed by atoms with van der Waals surface area (Å²) in [5.74, 6) is 0.0227. The average Bonchev–Trinajstić information content (AvgIpc) is 3.14. The predicted octanol–water partition coefficient (Wildman–Crippen LogP) is 4.20. The van der Waals surface area contributed by atoms with Crippen LogP contribution in [0.5, 0.6) is 0 Å². The number of carbonyl (C=O) groups is 1. The maximum absolute atomic E-state index is 13.2. The quantitative estimate of drug-likeness (QED) is 0.658. The first-order valence-electron chi connectivity index (χ1n) is 9.52. The molecule has 150 valence electrons. The summed E-state index contributed by atoms with van der Waals surface area (Å²) in [5.41, 5.74) is 3.48. The van der Waals surface area contributed by atoms with E-state index in [1.165, 1.54) is 26.8 Å². The molecule has 0 unspecified atom stereocenters. The van der Waals surface area contributed by atoms with Gasteiger partial charge in [0.05, 0.1) is 3.79 Å². The molecule has 2 aliphatic heterocycles. The molecule has 1 saturated heterocycles. The number of benzene rings is 1. The summed E-state index contributed by atoms with van der Waals surface area (Å²) in [5, 5.41) is 0. The highest BCUT2D eigenvalue weighted by Gasteiger charge is 2.35. The van der Waals surface area contributed by atoms with E-state index in [-0.39, 0.29) is 11.8 Å². The molecule has 5 nitrogen and oxygen atoms in total. The van der Waals surface area contributed by atoms with Gasteiger partial charge in [0.2, 0.25) is 5.91 Å². The van der Waals surface area contributed by atoms with Crippen LogP contribution in [-0.4, -0.2) is 38.3 Å². The van der Waals surface area contributed by atoms with E-state index in [1.54, 1.807) is 12.1 Å². The first-order valence-corrected chi connectivity index (χ1v) is 12.6. The van der Waals surface area contributed by atoms with Gasteiger partial charge in [-0.15, -0.1) is 11.3 Å². The molecule has 1 aromatic heterocycles. The van der Waals surface area contributed by atoms with E-state index in [0.717, 1.165) is 28.9 Å². The average molecular weight is 483 g/mol. The van der Waals surface area contributed by atoms with Crippen molar-refractivity contribution in [1.82, 2.24) is 4.31 Å². The van der Waals surface area contributed by atoms with Gasteiger partial charge in [-0.2, -0.15) is 4.31 Å². The Balaban J connectivity index is 1.45. The Morgan fingerprint density at radius 1 is 1.14 bits per heavy atom. The Hall–Kier alpha value is -1.22. The summed E-state index contributed by atoms with van der Waals surface area (Å²) in [6, 6.07) is 9.66. The molecule has 1 fully saturated rings. The number of rotatable bonds is 3. The third-order valence-corrected chi connectivity index (χ3v) is 9.56. The summed E-state index contributed by atoms with van der Waals surface area (Å²) >= 11 is 4.55. The monoisotopic (exact) mass is 482 g/mol. The molecule has 8 heteroatoms. The molecule has 2 aromatic rings. The molecular weight excluding hydrogens is 460 g/mol. The highest BCUT2D eigenvalue weighted by Crippen LogP contribution is 2.33. The minimum Gasteiger partial charge on any atom is -0.312 e. The van der Waals surface area contributed by atoms with Crippen LogP contribution in [0.4, 0.5) is 5.69 Å². The zero-order valence-electron chi connectivity index (χ0n) is 15.7. The van der Waals surface area contributed by atoms with E-state index in [9.17, 15) is 13.2 Å². The summed E-state index contributed by atoms with van der Waals surface area (Å²) in [7, 11) is -3.47. The Kier molecular flexibility index (Phi) is 5.66. The van der Waals surface area contributed by atoms with Crippen molar-refractivity contribution < 1.29 is 13.2 Å². The number of fused-ring (bicyclic) bond motifs is 1. The maximum atomic E-state index is 13.2. The lowest BCUT2D eigenvalue weighted by Gasteiger charge is -2.36. The Labute approximate surface area is 178 Å². The summed E-state index contributed by atoms with van der Waals surface area (Å²) in [6.07, 6.45) is 3.13. The van der Waals surface area contributed by atoms with Crippen molar-refractivity contribution in [3.05, 3.63) is 45.2 Å². The molecule has 4 rings (SSSR count). The number of amides is 1. The number of aryl methyl sites for hydroxylation is 2. The van der Waals surface area contributed by atoms with Crippen molar-refractivity contribution in [2.45, 2.75) is 36.8 Å². The van der Waals surface area contributed by atoms with Gasteiger partial charge in [-0.25, -0.2) is 8.42 Å². The summed E-state index contributed by atoms with van der Waals surface area (Å²) in [6.45, 7) is 3.60. The number of nitrogens with zero attached hydrogens (tertiary/aromatic N) is 2. The normalized spacial score (nSPS) is 18.9. The van der Waals surface area contributed by atoms with Crippen molar-refractivity contribution >= 4 is 48.9 Å². The van der Waals surface area contributed by atoms with Gasteiger partial charge in [-0.3, -0.25) is 4.79 Å². The second-order valence-electron chi connectivity index (χ2n) is 7.46. The van der Waals surface area contributed by atoms with Gasteiger partial charge < -0.3 is 4.90 Å². The van der Waals surface area contributed by atoms with E-state index >= 15 is 0 Å². The van der Waals surface area contributed by atoms with Gasteiger partial charge >= 0.3 is 0 Å². The first kappa shape index (κ1) is 20.1. The fourth-order valence-corrected chi connectivity index (χ4v) is 7.72. The van der Waals surface area contributed by atoms with Crippen LogP contribution < -0.4 is 4.90 Å². The fourth-order valence-electron chi connectivity index (χ4n) is 4.08. The zero-order valence-corrected chi connectivity index (χ0v) is 18.9. The molecular formula is C20H23BrN2O3S2. The van der Waals surface area contributed by atoms with Crippen LogP contribution >= 0.6 is 27.3 Å². The van der Waals surface area contributed by atoms with Crippen molar-refractivity contribution in [1.29, 1.82) is 0 Å². The molecule has 2 aliphatic rings. The lowest BCUT2D eigenvalue weighted by Crippen LogP contribution is -2.45. The van der Waals surface area contributed by atoms with Gasteiger partial charge in [0, 0.05) is 31.2 Å². The van der Waals surface area contributed by atoms with Crippen LogP contribution in [0.1, 0.15) is 30.4 Å². The minimum absolute atomic E-state index is 0.117. The molecule has 0 atom stereocenters. The number of carbonyl (C=O) groups excluding carboxylic acids is 1. The van der Waals surface area contributed by atoms with Gasteiger partial charge in [-0.05, 0) is 72.3 Å². The molecule has 28 heavy (non-hydrogen) atoms. The number of sulfonamides is 1. The van der Waals surface area contributed by atoms with Crippen molar-refractivity contribution in [3.63, 3.8) is 0 Å². The molecule has 0 bridgehead atoms. The van der Waals surface area contributed by atoms with E-state index in [4.69, 9.17) is 0 Å². The third-order valence-electron chi connectivity index (χ3n) is 5.57. The van der Waals surface area contributed by atoms with Gasteiger partial charge in [0.15, 0.2) is 0 Å². The van der Waals surface area contributed by atoms with Gasteiger partial charge in [-0.1, -0.05) is 17.7 Å². The number of piperidine rings is 1. The molecule has 0 saturated carbocycles. The number of hydrogen-bond donors (Lipinski definition) is 0. The Morgan fingerprint density at radius 3 is 2.57 bits per heavy atom. The van der Waals surface area contributed by atoms with E-state index in [2.05, 4.69) is 41.1 Å². The van der Waals surface area contributed by atoms with Gasteiger partial charge in [0.25, 0.3) is 10.0 Å². The number of anilines is 1. The van der Waals surface area contributed by atoms with Gasteiger partial charge in [0.1, 0.15) is 4.21 Å². The van der Waals surface area contributed by atoms with Crippen molar-refractivity contribution in [3.8, 4) is 0 Å². The SMILES string of the molecule is Cc1ccc2c(c1)CCCN2C(=O)C1CCN(S(=O)(=O)c2ccc(Br)s2)CC1. The molecule has 0 spiro atoms. The minimum atomic E-state index is -3.47. The molecule has 1 aromatic carbocycles. The van der Waals surface area contributed by atoms with Crippen LogP contribution in [0.25, 0.3) is 0 Å². The van der Waals surface area contributed by atoms with Crippen molar-refractivity contribution in [2.75, 3.05) is 24.5 Å². The topological polar surface area (TPSA) is 57.7 Å². The lowest BCUT2D eigenvalue weighted by atomic mass is 9.93. The molecule has 0 aliphatic carbocycles. The van der Waals surface area contributed by atoms with Crippen LogP contribution in [0.3, 0.4) is 0 Å². The second kappa shape index (κ2) is 7.89. The third kappa shape index (κ3) is 3.79. The second-order valence-corrected chi connectivity index (χ2v) is 12.1. The van der Waals surface area contributed by atoms with E-state index < -0.39 is 10.0 Å². The highest BCUT2D eigenvalue weighted by atomic mass is 79.9. The summed E-state index contributed by atoms with van der Waals surface area (Å²) < 4.78 is 28.3. The standard InChI is InChI=1S/C20H23BrN2O3S2/c1-14-4-5-17-16(13-14)3-2-10-23(17)20(24)15-8-11-22(12-9-15)28(25,26)19-7-6-18(21)27-19/h4-7,13,15H,2-3,8-12H2,1H3. The fraction of sp³-hybridized carbons (Fsp3) is 0.450. The van der Waals surface area contributed by atoms with Crippen molar-refractivity contribution in [2.24, 2.45) is 5.92 Å². The molecule has 0 N–H and O–H groups in total. The number of thiophene rings is 1. The van der Waals surface area contributed by atoms with Crippen LogP contribution in [0, 0.1) is 12.8 Å².